The highest BCUT2D eigenvalue weighted by Crippen LogP contribution is 2.34. The van der Waals surface area contributed by atoms with Gasteiger partial charge in [0.2, 0.25) is 5.91 Å². The fourth-order valence-corrected chi connectivity index (χ4v) is 1.82. The number of rotatable bonds is 2. The van der Waals surface area contributed by atoms with E-state index in [0.29, 0.717) is 17.9 Å². The molecule has 0 spiro atoms. The van der Waals surface area contributed by atoms with Crippen LogP contribution in [0.15, 0.2) is 18.2 Å². The van der Waals surface area contributed by atoms with Crippen LogP contribution in [0.4, 0.5) is 5.69 Å². The normalized spacial score (nSPS) is 13.3. The van der Waals surface area contributed by atoms with Crippen molar-refractivity contribution in [2.24, 2.45) is 5.41 Å². The van der Waals surface area contributed by atoms with Gasteiger partial charge in [0.05, 0.1) is 5.69 Å². The van der Waals surface area contributed by atoms with Crippen LogP contribution < -0.4 is 10.1 Å². The molecule has 5 heteroatoms. The quantitative estimate of drug-likeness (QED) is 0.870. The lowest BCUT2D eigenvalue weighted by Crippen LogP contribution is -2.28. The number of ether oxygens (including phenoxy) is 1. The van der Waals surface area contributed by atoms with Crippen LogP contribution in [-0.2, 0) is 4.79 Å². The number of anilines is 1. The van der Waals surface area contributed by atoms with Crippen molar-refractivity contribution in [3.05, 3.63) is 29.3 Å². The van der Waals surface area contributed by atoms with Gasteiger partial charge in [-0.2, -0.15) is 0 Å². The van der Waals surface area contributed by atoms with Crippen molar-refractivity contribution < 1.29 is 19.4 Å². The molecular formula is C15H17NO4. The van der Waals surface area contributed by atoms with E-state index in [9.17, 15) is 14.7 Å². The van der Waals surface area contributed by atoms with Crippen LogP contribution in [0.1, 0.15) is 36.7 Å². The molecule has 0 bridgehead atoms. The maximum atomic E-state index is 12.0. The van der Waals surface area contributed by atoms with E-state index in [2.05, 4.69) is 5.32 Å². The number of hydrogen-bond donors (Lipinski definition) is 2. The Morgan fingerprint density at radius 1 is 1.30 bits per heavy atom. The Kier molecular flexibility index (Phi) is 3.53. The predicted molar refractivity (Wildman–Crippen MR) is 76.0 cm³/mol. The number of amides is 1. The number of hydrogen-bond acceptors (Lipinski definition) is 3. The molecular weight excluding hydrogens is 258 g/mol. The number of carboxylic acid groups (broad SMARTS) is 1. The zero-order valence-corrected chi connectivity index (χ0v) is 11.7. The van der Waals surface area contributed by atoms with E-state index >= 15 is 0 Å². The molecule has 0 saturated carbocycles. The third kappa shape index (κ3) is 2.66. The van der Waals surface area contributed by atoms with Crippen molar-refractivity contribution in [1.82, 2.24) is 0 Å². The molecule has 1 aromatic carbocycles. The first kappa shape index (κ1) is 14.1. The van der Waals surface area contributed by atoms with Crippen LogP contribution in [0.5, 0.6) is 5.75 Å². The van der Waals surface area contributed by atoms with Crippen molar-refractivity contribution in [3.63, 3.8) is 0 Å². The van der Waals surface area contributed by atoms with Crippen LogP contribution in [0.3, 0.4) is 0 Å². The lowest BCUT2D eigenvalue weighted by Gasteiger charge is -2.21. The lowest BCUT2D eigenvalue weighted by molar-refractivity contribution is -0.123. The van der Waals surface area contributed by atoms with Crippen LogP contribution in [0.25, 0.3) is 6.08 Å². The average Bonchev–Trinajstić information content (AvgIpc) is 2.36. The molecule has 2 rings (SSSR count). The Morgan fingerprint density at radius 3 is 2.60 bits per heavy atom. The SMILES string of the molecule is CC(C)(C)C(=O)Nc1ccc2c(c1C(=O)O)OCC=C2. The highest BCUT2D eigenvalue weighted by Gasteiger charge is 2.26. The largest absolute Gasteiger partial charge is 0.488 e. The molecule has 5 nitrogen and oxygen atoms in total. The van der Waals surface area contributed by atoms with Gasteiger partial charge in [0.1, 0.15) is 17.9 Å². The van der Waals surface area contributed by atoms with Gasteiger partial charge in [0.15, 0.2) is 0 Å². The summed E-state index contributed by atoms with van der Waals surface area (Å²) < 4.78 is 5.40. The molecule has 0 fully saturated rings. The van der Waals surface area contributed by atoms with E-state index in [4.69, 9.17) is 4.74 Å². The zero-order chi connectivity index (χ0) is 14.9. The van der Waals surface area contributed by atoms with E-state index in [-0.39, 0.29) is 17.2 Å². The molecule has 0 atom stereocenters. The number of aromatic carboxylic acids is 1. The summed E-state index contributed by atoms with van der Waals surface area (Å²) in [7, 11) is 0. The summed E-state index contributed by atoms with van der Waals surface area (Å²) in [6.45, 7) is 5.62. The molecule has 0 radical (unpaired) electrons. The van der Waals surface area contributed by atoms with Crippen molar-refractivity contribution in [2.45, 2.75) is 20.8 Å². The first-order chi connectivity index (χ1) is 9.30. The molecule has 0 unspecified atom stereocenters. The van der Waals surface area contributed by atoms with Gasteiger partial charge in [-0.3, -0.25) is 4.79 Å². The van der Waals surface area contributed by atoms with Gasteiger partial charge in [-0.1, -0.05) is 26.8 Å². The van der Waals surface area contributed by atoms with Crippen LogP contribution in [0.2, 0.25) is 0 Å². The van der Waals surface area contributed by atoms with Crippen molar-refractivity contribution in [2.75, 3.05) is 11.9 Å². The molecule has 20 heavy (non-hydrogen) atoms. The minimum absolute atomic E-state index is 0.00977. The Hall–Kier alpha value is -2.30. The smallest absolute Gasteiger partial charge is 0.341 e. The summed E-state index contributed by atoms with van der Waals surface area (Å²) in [5.74, 6) is -1.07. The number of fused-ring (bicyclic) bond motifs is 1. The standard InChI is InChI=1S/C15H17NO4/c1-15(2,3)14(19)16-10-7-6-9-5-4-8-20-12(9)11(10)13(17)18/h4-7H,8H2,1-3H3,(H,16,19)(H,17,18). The maximum Gasteiger partial charge on any atom is 0.341 e. The summed E-state index contributed by atoms with van der Waals surface area (Å²) >= 11 is 0. The Bertz CT molecular complexity index is 597. The summed E-state index contributed by atoms with van der Waals surface area (Å²) in [6.07, 6.45) is 3.61. The van der Waals surface area contributed by atoms with Crippen LogP contribution in [-0.4, -0.2) is 23.6 Å². The van der Waals surface area contributed by atoms with E-state index in [1.807, 2.05) is 0 Å². The van der Waals surface area contributed by atoms with Gasteiger partial charge in [0.25, 0.3) is 0 Å². The molecule has 1 aliphatic heterocycles. The Balaban J connectivity index is 2.47. The Labute approximate surface area is 117 Å². The average molecular weight is 275 g/mol. The first-order valence-electron chi connectivity index (χ1n) is 6.32. The highest BCUT2D eigenvalue weighted by atomic mass is 16.5. The molecule has 1 aliphatic rings. The first-order valence-corrected chi connectivity index (χ1v) is 6.32. The molecule has 0 aliphatic carbocycles. The molecule has 1 heterocycles. The fourth-order valence-electron chi connectivity index (χ4n) is 1.82. The molecule has 0 aromatic heterocycles. The van der Waals surface area contributed by atoms with E-state index in [1.54, 1.807) is 45.1 Å². The molecule has 1 aromatic rings. The predicted octanol–water partition coefficient (Wildman–Crippen LogP) is 2.78. The van der Waals surface area contributed by atoms with Crippen molar-refractivity contribution in [3.8, 4) is 5.75 Å². The van der Waals surface area contributed by atoms with Gasteiger partial charge >= 0.3 is 5.97 Å². The number of nitrogens with one attached hydrogen (secondary N) is 1. The summed E-state index contributed by atoms with van der Waals surface area (Å²) in [5, 5.41) is 12.0. The maximum absolute atomic E-state index is 12.0. The third-order valence-corrected chi connectivity index (χ3v) is 2.95. The van der Waals surface area contributed by atoms with Crippen LogP contribution in [0, 0.1) is 5.41 Å². The van der Waals surface area contributed by atoms with E-state index in [0.717, 1.165) is 0 Å². The van der Waals surface area contributed by atoms with Gasteiger partial charge < -0.3 is 15.2 Å². The zero-order valence-electron chi connectivity index (χ0n) is 11.7. The van der Waals surface area contributed by atoms with Crippen molar-refractivity contribution in [1.29, 1.82) is 0 Å². The number of carbonyl (C=O) groups is 2. The number of benzene rings is 1. The van der Waals surface area contributed by atoms with Crippen molar-refractivity contribution >= 4 is 23.6 Å². The highest BCUT2D eigenvalue weighted by molar-refractivity contribution is 6.04. The van der Waals surface area contributed by atoms with Crippen LogP contribution >= 0.6 is 0 Å². The minimum atomic E-state index is -1.12. The van der Waals surface area contributed by atoms with Gasteiger partial charge in [0, 0.05) is 11.0 Å². The fraction of sp³-hybridized carbons (Fsp3) is 0.333. The van der Waals surface area contributed by atoms with E-state index < -0.39 is 11.4 Å². The van der Waals surface area contributed by atoms with Gasteiger partial charge in [-0.15, -0.1) is 0 Å². The Morgan fingerprint density at radius 2 is 2.00 bits per heavy atom. The minimum Gasteiger partial charge on any atom is -0.488 e. The second-order valence-corrected chi connectivity index (χ2v) is 5.63. The third-order valence-electron chi connectivity index (χ3n) is 2.95. The van der Waals surface area contributed by atoms with Gasteiger partial charge in [-0.25, -0.2) is 4.79 Å². The molecule has 0 saturated heterocycles. The summed E-state index contributed by atoms with van der Waals surface area (Å²) in [5.41, 5.74) is 0.338. The summed E-state index contributed by atoms with van der Waals surface area (Å²) in [6, 6.07) is 3.32. The topological polar surface area (TPSA) is 75.6 Å². The van der Waals surface area contributed by atoms with Gasteiger partial charge in [-0.05, 0) is 18.2 Å². The van der Waals surface area contributed by atoms with E-state index in [1.165, 1.54) is 0 Å². The monoisotopic (exact) mass is 275 g/mol. The summed E-state index contributed by atoms with van der Waals surface area (Å²) in [4.78, 5) is 23.5. The second-order valence-electron chi connectivity index (χ2n) is 5.63. The molecule has 2 N–H and O–H groups in total. The number of carbonyl (C=O) groups excluding carboxylic acids is 1. The lowest BCUT2D eigenvalue weighted by atomic mass is 9.95. The number of carboxylic acids is 1. The molecule has 1 amide bonds. The second kappa shape index (κ2) is 5.00. The molecule has 106 valence electrons.